The summed E-state index contributed by atoms with van der Waals surface area (Å²) in [6.45, 7) is 6.80. The zero-order valence-electron chi connectivity index (χ0n) is 17.9. The molecule has 1 saturated heterocycles. The summed E-state index contributed by atoms with van der Waals surface area (Å²) in [4.78, 5) is 14.0. The van der Waals surface area contributed by atoms with Gasteiger partial charge < -0.3 is 18.9 Å². The summed E-state index contributed by atoms with van der Waals surface area (Å²) < 4.78 is 28.8. The van der Waals surface area contributed by atoms with Crippen LogP contribution in [0.2, 0.25) is 0 Å². The number of carbonyl (C=O) groups is 1. The van der Waals surface area contributed by atoms with Crippen LogP contribution in [0.3, 0.4) is 0 Å². The van der Waals surface area contributed by atoms with Crippen molar-refractivity contribution in [1.82, 2.24) is 9.47 Å². The van der Waals surface area contributed by atoms with Gasteiger partial charge in [0.05, 0.1) is 11.2 Å². The van der Waals surface area contributed by atoms with Crippen LogP contribution < -0.4 is 4.74 Å². The van der Waals surface area contributed by atoms with Crippen molar-refractivity contribution in [1.29, 1.82) is 0 Å². The molecule has 0 bridgehead atoms. The molecule has 0 N–H and O–H groups in total. The Morgan fingerprint density at radius 1 is 1.13 bits per heavy atom. The number of likely N-dealkylation sites (tertiary alicyclic amines) is 1. The molecule has 7 heteroatoms. The fourth-order valence-corrected chi connectivity index (χ4v) is 4.12. The monoisotopic (exact) mass is 488 g/mol. The lowest BCUT2D eigenvalue weighted by molar-refractivity contribution is 0.0128. The molecular weight excluding hydrogens is 463 g/mol. The summed E-state index contributed by atoms with van der Waals surface area (Å²) in [5, 5.41) is 0.930. The molecule has 0 unspecified atom stereocenters. The van der Waals surface area contributed by atoms with Crippen molar-refractivity contribution in [2.45, 2.75) is 45.3 Å². The van der Waals surface area contributed by atoms with Crippen molar-refractivity contribution in [2.75, 3.05) is 13.1 Å². The number of amides is 1. The lowest BCUT2D eigenvalue weighted by Gasteiger charge is -2.33. The van der Waals surface area contributed by atoms with E-state index in [9.17, 15) is 9.18 Å². The maximum Gasteiger partial charge on any atom is 0.410 e. The van der Waals surface area contributed by atoms with E-state index in [0.717, 1.165) is 29.5 Å². The van der Waals surface area contributed by atoms with Crippen LogP contribution in [0.25, 0.3) is 16.6 Å². The van der Waals surface area contributed by atoms with E-state index in [0.29, 0.717) is 23.2 Å². The number of carbonyl (C=O) groups excluding carboxylic acids is 1. The summed E-state index contributed by atoms with van der Waals surface area (Å²) >= 11 is 3.30. The number of fused-ring (bicyclic) bond motifs is 1. The molecular formula is C24H26BrFN2O3. The van der Waals surface area contributed by atoms with Gasteiger partial charge in [0.1, 0.15) is 23.3 Å². The molecule has 164 valence electrons. The molecule has 2 heterocycles. The molecule has 1 aliphatic heterocycles. The third kappa shape index (κ3) is 4.87. The van der Waals surface area contributed by atoms with Crippen LogP contribution in [0.5, 0.6) is 5.75 Å². The Kier molecular flexibility index (Phi) is 5.97. The largest absolute Gasteiger partial charge is 0.490 e. The fraction of sp³-hybridized carbons (Fsp3) is 0.375. The number of piperidine rings is 1. The highest BCUT2D eigenvalue weighted by atomic mass is 79.9. The van der Waals surface area contributed by atoms with Crippen molar-refractivity contribution < 1.29 is 18.7 Å². The van der Waals surface area contributed by atoms with Crippen molar-refractivity contribution in [3.8, 4) is 11.4 Å². The Hall–Kier alpha value is -2.54. The van der Waals surface area contributed by atoms with Crippen molar-refractivity contribution in [3.05, 3.63) is 59.0 Å². The Labute approximate surface area is 189 Å². The van der Waals surface area contributed by atoms with Crippen LogP contribution in [0, 0.1) is 5.82 Å². The number of ether oxygens (including phenoxy) is 2. The van der Waals surface area contributed by atoms with Gasteiger partial charge in [-0.3, -0.25) is 0 Å². The lowest BCUT2D eigenvalue weighted by Crippen LogP contribution is -2.44. The SMILES string of the molecule is CC(C)(C)OC(=O)N1CCC(Oc2cccc3c2ccn3-c2ccc(Br)cc2F)CC1. The van der Waals surface area contributed by atoms with Gasteiger partial charge in [-0.25, -0.2) is 9.18 Å². The van der Waals surface area contributed by atoms with Gasteiger partial charge in [-0.1, -0.05) is 22.0 Å². The second-order valence-electron chi connectivity index (χ2n) is 8.76. The molecule has 1 amide bonds. The fourth-order valence-electron chi connectivity index (χ4n) is 3.79. The van der Waals surface area contributed by atoms with Gasteiger partial charge in [0.25, 0.3) is 0 Å². The van der Waals surface area contributed by atoms with Crippen LogP contribution in [-0.4, -0.2) is 40.4 Å². The van der Waals surface area contributed by atoms with Gasteiger partial charge in [0.2, 0.25) is 0 Å². The average Bonchev–Trinajstić information content (AvgIpc) is 3.12. The van der Waals surface area contributed by atoms with Gasteiger partial charge in [0.15, 0.2) is 0 Å². The molecule has 0 spiro atoms. The van der Waals surface area contributed by atoms with E-state index in [1.165, 1.54) is 6.07 Å². The Bertz CT molecular complexity index is 1100. The number of hydrogen-bond acceptors (Lipinski definition) is 3. The second kappa shape index (κ2) is 8.54. The number of benzene rings is 2. The predicted octanol–water partition coefficient (Wildman–Crippen LogP) is 6.31. The highest BCUT2D eigenvalue weighted by Crippen LogP contribution is 2.32. The third-order valence-corrected chi connectivity index (χ3v) is 5.74. The summed E-state index contributed by atoms with van der Waals surface area (Å²) in [5.41, 5.74) is 0.868. The van der Waals surface area contributed by atoms with E-state index in [1.807, 2.05) is 61.9 Å². The molecule has 5 nitrogen and oxygen atoms in total. The number of rotatable bonds is 3. The van der Waals surface area contributed by atoms with Crippen molar-refractivity contribution in [2.24, 2.45) is 0 Å². The summed E-state index contributed by atoms with van der Waals surface area (Å²) in [5.74, 6) is 0.470. The number of hydrogen-bond donors (Lipinski definition) is 0. The van der Waals surface area contributed by atoms with E-state index in [-0.39, 0.29) is 18.0 Å². The van der Waals surface area contributed by atoms with Gasteiger partial charge in [-0.15, -0.1) is 0 Å². The standard InChI is InChI=1S/C24H26BrFN2O3/c1-24(2,3)31-23(29)27-12-9-17(10-13-27)30-22-6-4-5-20-18(22)11-14-28(20)21-8-7-16(25)15-19(21)26/h4-8,11,14-15,17H,9-10,12-13H2,1-3H3. The maximum atomic E-state index is 14.5. The van der Waals surface area contributed by atoms with Gasteiger partial charge >= 0.3 is 6.09 Å². The molecule has 1 aromatic heterocycles. The minimum absolute atomic E-state index is 0.0112. The molecule has 0 atom stereocenters. The van der Waals surface area contributed by atoms with E-state index < -0.39 is 5.60 Å². The summed E-state index contributed by atoms with van der Waals surface area (Å²) in [7, 11) is 0. The molecule has 1 fully saturated rings. The molecule has 3 aromatic rings. The number of aromatic nitrogens is 1. The topological polar surface area (TPSA) is 43.7 Å². The first-order valence-electron chi connectivity index (χ1n) is 10.4. The van der Waals surface area contributed by atoms with Crippen molar-refractivity contribution >= 4 is 32.9 Å². The molecule has 0 aliphatic carbocycles. The first-order valence-corrected chi connectivity index (χ1v) is 11.2. The van der Waals surface area contributed by atoms with E-state index in [1.54, 1.807) is 11.0 Å². The molecule has 4 rings (SSSR count). The van der Waals surface area contributed by atoms with E-state index in [4.69, 9.17) is 9.47 Å². The average molecular weight is 489 g/mol. The highest BCUT2D eigenvalue weighted by Gasteiger charge is 2.28. The molecule has 0 saturated carbocycles. The Morgan fingerprint density at radius 3 is 2.55 bits per heavy atom. The van der Waals surface area contributed by atoms with Gasteiger partial charge in [0, 0.05) is 42.0 Å². The molecule has 1 aliphatic rings. The minimum Gasteiger partial charge on any atom is -0.490 e. The number of nitrogens with zero attached hydrogens (tertiary/aromatic N) is 2. The van der Waals surface area contributed by atoms with Crippen LogP contribution in [-0.2, 0) is 4.74 Å². The quantitative estimate of drug-likeness (QED) is 0.433. The number of halogens is 2. The first-order chi connectivity index (χ1) is 14.7. The van der Waals surface area contributed by atoms with Crippen LogP contribution in [0.15, 0.2) is 53.1 Å². The smallest absolute Gasteiger partial charge is 0.410 e. The summed E-state index contributed by atoms with van der Waals surface area (Å²) in [6, 6.07) is 12.8. The zero-order chi connectivity index (χ0) is 22.2. The Balaban J connectivity index is 1.48. The first kappa shape index (κ1) is 21.7. The molecule has 31 heavy (non-hydrogen) atoms. The van der Waals surface area contributed by atoms with Crippen LogP contribution in [0.4, 0.5) is 9.18 Å². The minimum atomic E-state index is -0.498. The third-order valence-electron chi connectivity index (χ3n) is 5.25. The molecule has 2 aromatic carbocycles. The van der Waals surface area contributed by atoms with Crippen LogP contribution >= 0.6 is 15.9 Å². The highest BCUT2D eigenvalue weighted by molar-refractivity contribution is 9.10. The lowest BCUT2D eigenvalue weighted by atomic mass is 10.1. The normalized spacial score (nSPS) is 15.3. The maximum absolute atomic E-state index is 14.5. The Morgan fingerprint density at radius 2 is 1.87 bits per heavy atom. The van der Waals surface area contributed by atoms with Crippen molar-refractivity contribution in [3.63, 3.8) is 0 Å². The van der Waals surface area contributed by atoms with Gasteiger partial charge in [-0.05, 0) is 57.2 Å². The molecule has 0 radical (unpaired) electrons. The van der Waals surface area contributed by atoms with Crippen LogP contribution in [0.1, 0.15) is 33.6 Å². The predicted molar refractivity (Wildman–Crippen MR) is 122 cm³/mol. The second-order valence-corrected chi connectivity index (χ2v) is 9.67. The summed E-state index contributed by atoms with van der Waals surface area (Å²) in [6.07, 6.45) is 3.06. The van der Waals surface area contributed by atoms with E-state index >= 15 is 0 Å². The van der Waals surface area contributed by atoms with E-state index in [2.05, 4.69) is 15.9 Å². The van der Waals surface area contributed by atoms with Gasteiger partial charge in [-0.2, -0.15) is 0 Å². The zero-order valence-corrected chi connectivity index (χ0v) is 19.5.